The number of H-pyrrole nitrogens is 1. The van der Waals surface area contributed by atoms with Gasteiger partial charge in [0, 0.05) is 18.8 Å². The van der Waals surface area contributed by atoms with Crippen LogP contribution in [0, 0.1) is 0 Å². The molecule has 2 rings (SSSR count). The molecule has 0 aliphatic heterocycles. The molecule has 1 aromatic heterocycles. The molecule has 0 radical (unpaired) electrons. The minimum absolute atomic E-state index is 0.0876. The van der Waals surface area contributed by atoms with Crippen LogP contribution in [0.2, 0.25) is 0 Å². The Morgan fingerprint density at radius 1 is 1.07 bits per heavy atom. The quantitative estimate of drug-likeness (QED) is 0.771. The molecule has 0 amide bonds. The Morgan fingerprint density at radius 3 is 2.40 bits per heavy atom. The van der Waals surface area contributed by atoms with Gasteiger partial charge in [0.05, 0.1) is 0 Å². The van der Waals surface area contributed by atoms with E-state index in [0.29, 0.717) is 6.54 Å². The van der Waals surface area contributed by atoms with Crippen molar-refractivity contribution in [2.24, 2.45) is 5.73 Å². The Bertz CT molecular complexity index is 500. The lowest BCUT2D eigenvalue weighted by Crippen LogP contribution is -2.02. The molecule has 0 saturated carbocycles. The molecular weight excluding hydrogens is 188 g/mol. The van der Waals surface area contributed by atoms with E-state index in [4.69, 9.17) is 5.73 Å². The normalized spacial score (nSPS) is 10.2. The molecule has 1 heterocycles. The lowest BCUT2D eigenvalue weighted by molar-refractivity contribution is 1.07. The first-order chi connectivity index (χ1) is 7.29. The smallest absolute Gasteiger partial charge is 0.248 e. The predicted molar refractivity (Wildman–Crippen MR) is 60.4 cm³/mol. The highest BCUT2D eigenvalue weighted by atomic mass is 16.1. The molecule has 0 atom stereocenters. The maximum atomic E-state index is 11.1. The number of aromatic nitrogens is 1. The number of nitrogens with one attached hydrogen (secondary N) is 1. The monoisotopic (exact) mass is 200 g/mol. The second-order valence-electron chi connectivity index (χ2n) is 3.34. The van der Waals surface area contributed by atoms with Crippen LogP contribution >= 0.6 is 0 Å². The fourth-order valence-corrected chi connectivity index (χ4v) is 1.46. The minimum atomic E-state index is -0.0876. The third-order valence-corrected chi connectivity index (χ3v) is 2.30. The van der Waals surface area contributed by atoms with E-state index in [2.05, 4.69) is 4.98 Å². The first-order valence-corrected chi connectivity index (χ1v) is 4.78. The van der Waals surface area contributed by atoms with Crippen molar-refractivity contribution < 1.29 is 0 Å². The number of aromatic amines is 1. The zero-order valence-electron chi connectivity index (χ0n) is 8.23. The molecule has 76 valence electrons. The van der Waals surface area contributed by atoms with Gasteiger partial charge in [-0.2, -0.15) is 0 Å². The summed E-state index contributed by atoms with van der Waals surface area (Å²) in [5, 5.41) is 0. The average Bonchev–Trinajstić information content (AvgIpc) is 2.29. The standard InChI is InChI=1S/C12H12N2O/c13-8-9-1-3-10(4-2-9)11-5-6-14-12(15)7-11/h1-7H,8,13H2,(H,14,15). The zero-order valence-corrected chi connectivity index (χ0v) is 8.23. The van der Waals surface area contributed by atoms with Gasteiger partial charge < -0.3 is 10.7 Å². The zero-order chi connectivity index (χ0) is 10.7. The second-order valence-corrected chi connectivity index (χ2v) is 3.34. The predicted octanol–water partition coefficient (Wildman–Crippen LogP) is 1.50. The maximum absolute atomic E-state index is 11.1. The summed E-state index contributed by atoms with van der Waals surface area (Å²) >= 11 is 0. The molecule has 0 fully saturated rings. The van der Waals surface area contributed by atoms with Gasteiger partial charge in [-0.3, -0.25) is 4.79 Å². The van der Waals surface area contributed by atoms with Gasteiger partial charge in [0.2, 0.25) is 5.56 Å². The van der Waals surface area contributed by atoms with Crippen LogP contribution in [0.5, 0.6) is 0 Å². The van der Waals surface area contributed by atoms with Crippen LogP contribution in [0.15, 0.2) is 47.4 Å². The number of hydrogen-bond acceptors (Lipinski definition) is 2. The van der Waals surface area contributed by atoms with Crippen LogP contribution in [0.25, 0.3) is 11.1 Å². The fourth-order valence-electron chi connectivity index (χ4n) is 1.46. The van der Waals surface area contributed by atoms with E-state index in [-0.39, 0.29) is 5.56 Å². The molecule has 3 nitrogen and oxygen atoms in total. The summed E-state index contributed by atoms with van der Waals surface area (Å²) in [4.78, 5) is 13.7. The number of benzene rings is 1. The Morgan fingerprint density at radius 2 is 1.80 bits per heavy atom. The molecule has 0 aliphatic rings. The first-order valence-electron chi connectivity index (χ1n) is 4.78. The molecule has 3 N–H and O–H groups in total. The van der Waals surface area contributed by atoms with Crippen LogP contribution in [0.3, 0.4) is 0 Å². The Labute approximate surface area is 87.6 Å². The van der Waals surface area contributed by atoms with E-state index in [0.717, 1.165) is 16.7 Å². The second kappa shape index (κ2) is 4.11. The van der Waals surface area contributed by atoms with Gasteiger partial charge in [0.15, 0.2) is 0 Å². The van der Waals surface area contributed by atoms with Gasteiger partial charge >= 0.3 is 0 Å². The van der Waals surface area contributed by atoms with Crippen molar-refractivity contribution in [3.8, 4) is 11.1 Å². The van der Waals surface area contributed by atoms with Crippen molar-refractivity contribution >= 4 is 0 Å². The van der Waals surface area contributed by atoms with Gasteiger partial charge in [-0.25, -0.2) is 0 Å². The highest BCUT2D eigenvalue weighted by Gasteiger charge is 1.97. The van der Waals surface area contributed by atoms with Crippen molar-refractivity contribution in [1.82, 2.24) is 4.98 Å². The summed E-state index contributed by atoms with van der Waals surface area (Å²) in [5.74, 6) is 0. The van der Waals surface area contributed by atoms with E-state index < -0.39 is 0 Å². The van der Waals surface area contributed by atoms with E-state index in [1.54, 1.807) is 12.3 Å². The maximum Gasteiger partial charge on any atom is 0.248 e. The lowest BCUT2D eigenvalue weighted by Gasteiger charge is -2.01. The molecule has 15 heavy (non-hydrogen) atoms. The molecule has 0 saturated heterocycles. The first kappa shape index (κ1) is 9.68. The van der Waals surface area contributed by atoms with E-state index in [1.807, 2.05) is 30.3 Å². The Hall–Kier alpha value is -1.87. The summed E-state index contributed by atoms with van der Waals surface area (Å²) in [6.45, 7) is 0.537. The number of nitrogens with two attached hydrogens (primary N) is 1. The molecule has 0 bridgehead atoms. The van der Waals surface area contributed by atoms with Crippen LogP contribution in [-0.4, -0.2) is 4.98 Å². The van der Waals surface area contributed by atoms with Crippen LogP contribution in [0.4, 0.5) is 0 Å². The van der Waals surface area contributed by atoms with Crippen molar-refractivity contribution in [2.45, 2.75) is 6.54 Å². The number of rotatable bonds is 2. The fraction of sp³-hybridized carbons (Fsp3) is 0.0833. The summed E-state index contributed by atoms with van der Waals surface area (Å²) in [5.41, 5.74) is 8.45. The average molecular weight is 200 g/mol. The topological polar surface area (TPSA) is 58.9 Å². The van der Waals surface area contributed by atoms with Crippen LogP contribution in [0.1, 0.15) is 5.56 Å². The largest absolute Gasteiger partial charge is 0.329 e. The van der Waals surface area contributed by atoms with Crippen molar-refractivity contribution in [1.29, 1.82) is 0 Å². The summed E-state index contributed by atoms with van der Waals surface area (Å²) in [6, 6.07) is 11.3. The van der Waals surface area contributed by atoms with E-state index in [1.165, 1.54) is 0 Å². The third-order valence-electron chi connectivity index (χ3n) is 2.30. The highest BCUT2D eigenvalue weighted by Crippen LogP contribution is 2.17. The van der Waals surface area contributed by atoms with Gasteiger partial charge in [0.1, 0.15) is 0 Å². The summed E-state index contributed by atoms with van der Waals surface area (Å²) in [6.07, 6.45) is 1.65. The van der Waals surface area contributed by atoms with Crippen molar-refractivity contribution in [2.75, 3.05) is 0 Å². The van der Waals surface area contributed by atoms with Gasteiger partial charge in [0.25, 0.3) is 0 Å². The Kier molecular flexibility index (Phi) is 2.65. The van der Waals surface area contributed by atoms with Gasteiger partial charge in [-0.05, 0) is 22.8 Å². The molecule has 0 spiro atoms. The van der Waals surface area contributed by atoms with Crippen molar-refractivity contribution in [3.05, 3.63) is 58.5 Å². The molecule has 2 aromatic rings. The molecule has 3 heteroatoms. The molecular formula is C12H12N2O. The van der Waals surface area contributed by atoms with Crippen LogP contribution in [-0.2, 0) is 6.54 Å². The van der Waals surface area contributed by atoms with Gasteiger partial charge in [-0.1, -0.05) is 24.3 Å². The molecule has 0 unspecified atom stereocenters. The van der Waals surface area contributed by atoms with Crippen molar-refractivity contribution in [3.63, 3.8) is 0 Å². The number of hydrogen-bond donors (Lipinski definition) is 2. The summed E-state index contributed by atoms with van der Waals surface area (Å²) in [7, 11) is 0. The lowest BCUT2D eigenvalue weighted by atomic mass is 10.1. The van der Waals surface area contributed by atoms with E-state index >= 15 is 0 Å². The minimum Gasteiger partial charge on any atom is -0.329 e. The van der Waals surface area contributed by atoms with Crippen LogP contribution < -0.4 is 11.3 Å². The van der Waals surface area contributed by atoms with Gasteiger partial charge in [-0.15, -0.1) is 0 Å². The summed E-state index contributed by atoms with van der Waals surface area (Å²) < 4.78 is 0. The number of pyridine rings is 1. The van der Waals surface area contributed by atoms with E-state index in [9.17, 15) is 4.79 Å². The molecule has 1 aromatic carbocycles. The Balaban J connectivity index is 2.41. The third kappa shape index (κ3) is 2.14. The molecule has 0 aliphatic carbocycles. The SMILES string of the molecule is NCc1ccc(-c2cc[nH]c(=O)c2)cc1. The highest BCUT2D eigenvalue weighted by molar-refractivity contribution is 5.62.